The monoisotopic (exact) mass is 881 g/mol. The number of aliphatic hydroxyl groups excluding tert-OH is 1. The Hall–Kier alpha value is -1.28. The number of nitrogens with one attached hydrogen (secondary N) is 1. The van der Waals surface area contributed by atoms with Crippen LogP contribution in [0.15, 0.2) is 36.5 Å². The summed E-state index contributed by atoms with van der Waals surface area (Å²) in [6.07, 6.45) is 59.2. The van der Waals surface area contributed by atoms with Crippen molar-refractivity contribution in [2.45, 2.75) is 270 Å². The first-order chi connectivity index (χ1) is 29.9. The minimum Gasteiger partial charge on any atom is -0.387 e. The van der Waals surface area contributed by atoms with Gasteiger partial charge in [0.15, 0.2) is 0 Å². The summed E-state index contributed by atoms with van der Waals surface area (Å²) < 4.78 is 22.2. The van der Waals surface area contributed by atoms with Gasteiger partial charge in [-0.1, -0.05) is 237 Å². The third-order valence-corrected chi connectivity index (χ3v) is 12.7. The van der Waals surface area contributed by atoms with Gasteiger partial charge in [-0.15, -0.1) is 0 Å². The molecule has 8 nitrogen and oxygen atoms in total. The Morgan fingerprint density at radius 3 is 1.30 bits per heavy atom. The molecular formula is C52H101N2O6P. The maximum Gasteiger partial charge on any atom is 0.472 e. The van der Waals surface area contributed by atoms with E-state index < -0.39 is 20.0 Å². The number of unbranched alkanes of at least 4 members (excludes halogenated alkanes) is 33. The fourth-order valence-corrected chi connectivity index (χ4v) is 8.51. The summed E-state index contributed by atoms with van der Waals surface area (Å²) in [6, 6.07) is -0.863. The highest BCUT2D eigenvalue weighted by molar-refractivity contribution is 7.47. The lowest BCUT2D eigenvalue weighted by molar-refractivity contribution is -0.123. The van der Waals surface area contributed by atoms with Crippen LogP contribution in [0.3, 0.4) is 0 Å². The normalized spacial score (nSPS) is 14.1. The molecule has 0 bridgehead atoms. The number of phosphoric acid groups is 1. The first kappa shape index (κ1) is 59.7. The van der Waals surface area contributed by atoms with Crippen molar-refractivity contribution in [1.29, 1.82) is 0 Å². The van der Waals surface area contributed by atoms with Gasteiger partial charge in [0, 0.05) is 13.0 Å². The quantitative estimate of drug-likeness (QED) is 0.0272. The van der Waals surface area contributed by atoms with Gasteiger partial charge < -0.3 is 21.1 Å². The molecule has 1 amide bonds. The maximum absolute atomic E-state index is 12.8. The van der Waals surface area contributed by atoms with Crippen molar-refractivity contribution in [1.82, 2.24) is 5.32 Å². The van der Waals surface area contributed by atoms with Crippen LogP contribution in [-0.2, 0) is 18.4 Å². The molecule has 0 aliphatic heterocycles. The third-order valence-electron chi connectivity index (χ3n) is 11.7. The largest absolute Gasteiger partial charge is 0.472 e. The van der Waals surface area contributed by atoms with Gasteiger partial charge in [0.1, 0.15) is 0 Å². The van der Waals surface area contributed by atoms with E-state index in [9.17, 15) is 19.4 Å². The SMILES string of the molecule is CCCCCCC/C=C\C/C=C\CCCCCCCCCCCC(=O)NC(COP(=O)(O)OCCN)C(O)/C=C/CCCCCCCCCCCCCCCCCCCCC. The van der Waals surface area contributed by atoms with Gasteiger partial charge in [0.25, 0.3) is 0 Å². The Bertz CT molecular complexity index is 1050. The van der Waals surface area contributed by atoms with Crippen LogP contribution in [0, 0.1) is 0 Å². The van der Waals surface area contributed by atoms with E-state index in [2.05, 4.69) is 43.5 Å². The molecule has 0 aliphatic rings. The molecular weight excluding hydrogens is 780 g/mol. The lowest BCUT2D eigenvalue weighted by Crippen LogP contribution is -2.45. The van der Waals surface area contributed by atoms with Crippen molar-refractivity contribution in [3.05, 3.63) is 36.5 Å². The van der Waals surface area contributed by atoms with E-state index in [0.717, 1.165) is 44.9 Å². The Kier molecular flexibility index (Phi) is 47.2. The van der Waals surface area contributed by atoms with Crippen LogP contribution < -0.4 is 11.1 Å². The maximum atomic E-state index is 12.8. The first-order valence-corrected chi connectivity index (χ1v) is 27.6. The van der Waals surface area contributed by atoms with E-state index in [-0.39, 0.29) is 25.7 Å². The van der Waals surface area contributed by atoms with Crippen LogP contribution in [0.25, 0.3) is 0 Å². The molecule has 61 heavy (non-hydrogen) atoms. The fraction of sp³-hybridized carbons (Fsp3) is 0.865. The van der Waals surface area contributed by atoms with Crippen molar-refractivity contribution in [2.24, 2.45) is 5.73 Å². The molecule has 0 aromatic rings. The number of carbonyl (C=O) groups excluding carboxylic acids is 1. The van der Waals surface area contributed by atoms with E-state index in [0.29, 0.717) is 6.42 Å². The number of phosphoric ester groups is 1. The Morgan fingerprint density at radius 1 is 0.541 bits per heavy atom. The first-order valence-electron chi connectivity index (χ1n) is 26.1. The number of amides is 1. The molecule has 0 aromatic carbocycles. The zero-order valence-corrected chi connectivity index (χ0v) is 41.1. The number of aliphatic hydroxyl groups is 1. The van der Waals surface area contributed by atoms with Gasteiger partial charge >= 0.3 is 7.82 Å². The van der Waals surface area contributed by atoms with Crippen LogP contribution in [0.5, 0.6) is 0 Å². The molecule has 0 spiro atoms. The van der Waals surface area contributed by atoms with Gasteiger partial charge in [-0.05, 0) is 51.4 Å². The molecule has 0 heterocycles. The average molecular weight is 881 g/mol. The van der Waals surface area contributed by atoms with E-state index in [1.54, 1.807) is 6.08 Å². The van der Waals surface area contributed by atoms with Gasteiger partial charge in [-0.25, -0.2) is 4.57 Å². The molecule has 0 saturated heterocycles. The Labute approximate surface area is 378 Å². The summed E-state index contributed by atoms with van der Waals surface area (Å²) in [4.78, 5) is 22.8. The van der Waals surface area contributed by atoms with Crippen LogP contribution in [0.2, 0.25) is 0 Å². The predicted molar refractivity (Wildman–Crippen MR) is 263 cm³/mol. The molecule has 0 aliphatic carbocycles. The van der Waals surface area contributed by atoms with Crippen LogP contribution >= 0.6 is 7.82 Å². The van der Waals surface area contributed by atoms with E-state index in [1.165, 1.54) is 193 Å². The highest BCUT2D eigenvalue weighted by Gasteiger charge is 2.26. The molecule has 360 valence electrons. The molecule has 3 unspecified atom stereocenters. The summed E-state index contributed by atoms with van der Waals surface area (Å²) in [7, 11) is -4.35. The van der Waals surface area contributed by atoms with Gasteiger partial charge in [0.2, 0.25) is 5.91 Å². The molecule has 0 saturated carbocycles. The Balaban J connectivity index is 4.09. The highest BCUT2D eigenvalue weighted by Crippen LogP contribution is 2.43. The second-order valence-corrected chi connectivity index (χ2v) is 19.2. The minimum atomic E-state index is -4.35. The molecule has 0 radical (unpaired) electrons. The minimum absolute atomic E-state index is 0.0779. The van der Waals surface area contributed by atoms with Crippen LogP contribution in [0.4, 0.5) is 0 Å². The number of rotatable bonds is 49. The summed E-state index contributed by atoms with van der Waals surface area (Å²) in [5.41, 5.74) is 5.40. The predicted octanol–water partition coefficient (Wildman–Crippen LogP) is 15.5. The summed E-state index contributed by atoms with van der Waals surface area (Å²) in [5, 5.41) is 13.8. The highest BCUT2D eigenvalue weighted by atomic mass is 31.2. The molecule has 5 N–H and O–H groups in total. The molecule has 0 aromatic heterocycles. The molecule has 0 fully saturated rings. The fourth-order valence-electron chi connectivity index (χ4n) is 7.75. The van der Waals surface area contributed by atoms with Gasteiger partial charge in [-0.2, -0.15) is 0 Å². The molecule has 3 atom stereocenters. The number of allylic oxidation sites excluding steroid dienone is 5. The van der Waals surface area contributed by atoms with E-state index in [4.69, 9.17) is 14.8 Å². The average Bonchev–Trinajstić information content (AvgIpc) is 3.25. The number of nitrogens with two attached hydrogens (primary N) is 1. The van der Waals surface area contributed by atoms with Crippen molar-refractivity contribution in [3.8, 4) is 0 Å². The molecule has 0 rings (SSSR count). The summed E-state index contributed by atoms with van der Waals surface area (Å²) in [6.45, 7) is 4.15. The van der Waals surface area contributed by atoms with Crippen LogP contribution in [-0.4, -0.2) is 47.8 Å². The number of carbonyl (C=O) groups is 1. The molecule has 9 heteroatoms. The third kappa shape index (κ3) is 46.5. The zero-order chi connectivity index (χ0) is 44.6. The number of hydrogen-bond donors (Lipinski definition) is 4. The van der Waals surface area contributed by atoms with Crippen molar-refractivity contribution in [2.75, 3.05) is 19.8 Å². The number of hydrogen-bond acceptors (Lipinski definition) is 6. The second-order valence-electron chi connectivity index (χ2n) is 17.7. The van der Waals surface area contributed by atoms with Crippen molar-refractivity contribution < 1.29 is 28.4 Å². The van der Waals surface area contributed by atoms with Crippen molar-refractivity contribution >= 4 is 13.7 Å². The van der Waals surface area contributed by atoms with Gasteiger partial charge in [0.05, 0.1) is 25.4 Å². The summed E-state index contributed by atoms with van der Waals surface area (Å²) >= 11 is 0. The Morgan fingerprint density at radius 2 is 0.902 bits per heavy atom. The standard InChI is InChI=1S/C52H101N2O6P/c1-3-5-7-9-11-13-15-17-19-21-23-25-27-29-31-33-35-37-39-41-43-45-51(55)50(49-60-61(57,58)59-48-47-53)54-52(56)46-44-42-40-38-36-34-32-30-28-26-24-22-20-18-16-14-12-10-8-6-4-2/h16,18,22,24,43,45,50-51,55H,3-15,17,19-21,23,25-42,44,46-49,53H2,1-2H3,(H,54,56)(H,57,58)/b18-16-,24-22-,45-43+. The van der Waals surface area contributed by atoms with Gasteiger partial charge in [-0.3, -0.25) is 13.8 Å². The topological polar surface area (TPSA) is 131 Å². The van der Waals surface area contributed by atoms with E-state index >= 15 is 0 Å². The second kappa shape index (κ2) is 48.2. The van der Waals surface area contributed by atoms with E-state index in [1.807, 2.05) is 6.08 Å². The van der Waals surface area contributed by atoms with Crippen molar-refractivity contribution in [3.63, 3.8) is 0 Å². The lowest BCUT2D eigenvalue weighted by atomic mass is 10.0. The zero-order valence-electron chi connectivity index (χ0n) is 40.2. The lowest BCUT2D eigenvalue weighted by Gasteiger charge is -2.23. The van der Waals surface area contributed by atoms with Crippen LogP contribution in [0.1, 0.15) is 258 Å². The summed E-state index contributed by atoms with van der Waals surface area (Å²) in [5.74, 6) is -0.196. The smallest absolute Gasteiger partial charge is 0.387 e.